The molecule has 2 unspecified atom stereocenters. The van der Waals surface area contributed by atoms with Crippen LogP contribution >= 0.6 is 31.9 Å². The highest BCUT2D eigenvalue weighted by molar-refractivity contribution is 9.10. The number of aliphatic hydroxyl groups is 2. The third-order valence-electron chi connectivity index (χ3n) is 7.89. The minimum absolute atomic E-state index is 0.629. The minimum atomic E-state index is -1.78. The van der Waals surface area contributed by atoms with Gasteiger partial charge < -0.3 is 10.2 Å². The van der Waals surface area contributed by atoms with Crippen LogP contribution in [0.1, 0.15) is 22.3 Å². The Kier molecular flexibility index (Phi) is 5.40. The van der Waals surface area contributed by atoms with Crippen LogP contribution in [0.2, 0.25) is 0 Å². The van der Waals surface area contributed by atoms with Crippen molar-refractivity contribution in [2.45, 2.75) is 11.2 Å². The van der Waals surface area contributed by atoms with Crippen molar-refractivity contribution in [1.82, 2.24) is 0 Å². The van der Waals surface area contributed by atoms with Gasteiger partial charge in [-0.25, -0.2) is 0 Å². The molecule has 2 nitrogen and oxygen atoms in total. The van der Waals surface area contributed by atoms with E-state index in [-0.39, 0.29) is 0 Å². The van der Waals surface area contributed by atoms with Crippen molar-refractivity contribution < 1.29 is 10.2 Å². The van der Waals surface area contributed by atoms with Crippen LogP contribution in [0.25, 0.3) is 32.7 Å². The van der Waals surface area contributed by atoms with Gasteiger partial charge in [-0.05, 0) is 91.3 Å². The van der Waals surface area contributed by atoms with Gasteiger partial charge in [0.05, 0.1) is 0 Å². The van der Waals surface area contributed by atoms with E-state index in [2.05, 4.69) is 44.0 Å². The summed E-state index contributed by atoms with van der Waals surface area (Å²) >= 11 is 7.26. The van der Waals surface area contributed by atoms with Crippen molar-refractivity contribution >= 4 is 53.4 Å². The SMILES string of the molecule is OC1(c2ccc3ccccc3c2)c2ccc(Br)cc2-c2cc(Br)ccc2C1(O)c1ccc2ccccc2c1. The zero-order valence-corrected chi connectivity index (χ0v) is 23.4. The maximum absolute atomic E-state index is 13.1. The van der Waals surface area contributed by atoms with Crippen LogP contribution in [0.4, 0.5) is 0 Å². The minimum Gasteiger partial charge on any atom is -0.377 e. The maximum Gasteiger partial charge on any atom is 0.152 e. The second-order valence-electron chi connectivity index (χ2n) is 9.92. The van der Waals surface area contributed by atoms with E-state index in [0.717, 1.165) is 41.6 Å². The number of fused-ring (bicyclic) bond motifs is 5. The molecule has 0 saturated heterocycles. The first-order valence-corrected chi connectivity index (χ1v) is 14.0. The Balaban J connectivity index is 1.63. The van der Waals surface area contributed by atoms with Crippen molar-refractivity contribution in [3.63, 3.8) is 0 Å². The molecule has 4 heteroatoms. The molecule has 0 aromatic heterocycles. The molecule has 0 amide bonds. The van der Waals surface area contributed by atoms with E-state index in [9.17, 15) is 10.2 Å². The van der Waals surface area contributed by atoms with Crippen LogP contribution in [-0.2, 0) is 11.2 Å². The van der Waals surface area contributed by atoms with Crippen LogP contribution < -0.4 is 0 Å². The molecule has 7 rings (SSSR count). The standard InChI is InChI=1S/C34H22Br2O2/c35-27-13-15-31-29(19-27)30-20-28(36)14-16-32(30)34(38,26-12-10-22-6-2-4-8-24(22)18-26)33(31,37)25-11-9-21-5-1-3-7-23(21)17-25/h1-20,37-38H. The van der Waals surface area contributed by atoms with Crippen LogP contribution in [0.15, 0.2) is 130 Å². The monoisotopic (exact) mass is 620 g/mol. The fraction of sp³-hybridized carbons (Fsp3) is 0.0588. The van der Waals surface area contributed by atoms with E-state index in [0.29, 0.717) is 22.3 Å². The Morgan fingerprint density at radius 3 is 1.24 bits per heavy atom. The summed E-state index contributed by atoms with van der Waals surface area (Å²) in [6, 6.07) is 39.8. The molecular weight excluding hydrogens is 600 g/mol. The summed E-state index contributed by atoms with van der Waals surface area (Å²) in [5.74, 6) is 0. The Morgan fingerprint density at radius 2 is 0.816 bits per heavy atom. The summed E-state index contributed by atoms with van der Waals surface area (Å²) in [6.07, 6.45) is 0. The highest BCUT2D eigenvalue weighted by Gasteiger charge is 2.58. The number of rotatable bonds is 2. The molecule has 0 fully saturated rings. The molecule has 38 heavy (non-hydrogen) atoms. The maximum atomic E-state index is 13.1. The average Bonchev–Trinajstić information content (AvgIpc) is 2.95. The van der Waals surface area contributed by atoms with Gasteiger partial charge in [0.1, 0.15) is 0 Å². The zero-order valence-electron chi connectivity index (χ0n) is 20.2. The van der Waals surface area contributed by atoms with Gasteiger partial charge in [-0.3, -0.25) is 0 Å². The van der Waals surface area contributed by atoms with Crippen molar-refractivity contribution in [1.29, 1.82) is 0 Å². The number of benzene rings is 6. The Bertz CT molecular complexity index is 1760. The molecule has 0 aliphatic heterocycles. The third kappa shape index (κ3) is 3.31. The molecule has 0 heterocycles. The van der Waals surface area contributed by atoms with E-state index in [1.54, 1.807) is 0 Å². The second kappa shape index (κ2) is 8.62. The first-order valence-electron chi connectivity index (χ1n) is 12.4. The lowest BCUT2D eigenvalue weighted by atomic mass is 9.60. The van der Waals surface area contributed by atoms with Gasteiger partial charge in [0, 0.05) is 8.95 Å². The van der Waals surface area contributed by atoms with Gasteiger partial charge in [0.25, 0.3) is 0 Å². The first kappa shape index (κ1) is 23.8. The van der Waals surface area contributed by atoms with E-state index in [1.807, 2.05) is 109 Å². The van der Waals surface area contributed by atoms with E-state index in [4.69, 9.17) is 0 Å². The predicted octanol–water partition coefficient (Wildman–Crippen LogP) is 8.67. The summed E-state index contributed by atoms with van der Waals surface area (Å²) in [6.45, 7) is 0. The summed E-state index contributed by atoms with van der Waals surface area (Å²) < 4.78 is 1.80. The number of halogens is 2. The van der Waals surface area contributed by atoms with Crippen LogP contribution in [0.5, 0.6) is 0 Å². The van der Waals surface area contributed by atoms with Gasteiger partial charge in [-0.2, -0.15) is 0 Å². The summed E-state index contributed by atoms with van der Waals surface area (Å²) in [5, 5.41) is 30.4. The van der Waals surface area contributed by atoms with Crippen LogP contribution in [0.3, 0.4) is 0 Å². The van der Waals surface area contributed by atoms with Gasteiger partial charge >= 0.3 is 0 Å². The fourth-order valence-electron chi connectivity index (χ4n) is 6.06. The molecule has 0 radical (unpaired) electrons. The van der Waals surface area contributed by atoms with Crippen molar-refractivity contribution in [3.8, 4) is 11.1 Å². The van der Waals surface area contributed by atoms with Gasteiger partial charge in [0.2, 0.25) is 0 Å². The number of hydrogen-bond donors (Lipinski definition) is 2. The molecule has 2 N–H and O–H groups in total. The average molecular weight is 622 g/mol. The Hall–Kier alpha value is -3.28. The lowest BCUT2D eigenvalue weighted by molar-refractivity contribution is -0.114. The van der Waals surface area contributed by atoms with E-state index < -0.39 is 11.2 Å². The molecule has 1 aliphatic carbocycles. The molecule has 6 aromatic carbocycles. The molecule has 0 bridgehead atoms. The van der Waals surface area contributed by atoms with Crippen LogP contribution in [0, 0.1) is 0 Å². The molecule has 0 spiro atoms. The molecule has 2 atom stereocenters. The smallest absolute Gasteiger partial charge is 0.152 e. The van der Waals surface area contributed by atoms with E-state index in [1.165, 1.54) is 0 Å². The summed E-state index contributed by atoms with van der Waals surface area (Å²) in [4.78, 5) is 0. The van der Waals surface area contributed by atoms with Gasteiger partial charge in [0.15, 0.2) is 11.2 Å². The third-order valence-corrected chi connectivity index (χ3v) is 8.88. The molecular formula is C34H22Br2O2. The van der Waals surface area contributed by atoms with Crippen molar-refractivity contribution in [2.24, 2.45) is 0 Å². The highest BCUT2D eigenvalue weighted by atomic mass is 79.9. The zero-order chi connectivity index (χ0) is 26.1. The lowest BCUT2D eigenvalue weighted by Crippen LogP contribution is -2.53. The Morgan fingerprint density at radius 1 is 0.421 bits per heavy atom. The van der Waals surface area contributed by atoms with Gasteiger partial charge in [-0.15, -0.1) is 0 Å². The number of hydrogen-bond acceptors (Lipinski definition) is 2. The predicted molar refractivity (Wildman–Crippen MR) is 161 cm³/mol. The molecule has 1 aliphatic rings. The summed E-state index contributed by atoms with van der Waals surface area (Å²) in [5.41, 5.74) is 0.739. The van der Waals surface area contributed by atoms with E-state index >= 15 is 0 Å². The normalized spacial score (nSPS) is 20.3. The first-order chi connectivity index (χ1) is 18.4. The van der Waals surface area contributed by atoms with Crippen LogP contribution in [-0.4, -0.2) is 10.2 Å². The molecule has 184 valence electrons. The summed E-state index contributed by atoms with van der Waals surface area (Å²) in [7, 11) is 0. The van der Waals surface area contributed by atoms with Crippen molar-refractivity contribution in [3.05, 3.63) is 153 Å². The lowest BCUT2D eigenvalue weighted by Gasteiger charge is -2.49. The fourth-order valence-corrected chi connectivity index (χ4v) is 6.78. The Labute approximate surface area is 237 Å². The molecule has 6 aromatic rings. The van der Waals surface area contributed by atoms with Gasteiger partial charge in [-0.1, -0.05) is 117 Å². The largest absolute Gasteiger partial charge is 0.377 e. The second-order valence-corrected chi connectivity index (χ2v) is 11.8. The topological polar surface area (TPSA) is 40.5 Å². The molecule has 0 saturated carbocycles. The highest BCUT2D eigenvalue weighted by Crippen LogP contribution is 2.58. The van der Waals surface area contributed by atoms with Crippen molar-refractivity contribution in [2.75, 3.05) is 0 Å². The quantitative estimate of drug-likeness (QED) is 0.203.